The molecule has 0 spiro atoms. The molecule has 0 N–H and O–H groups in total. The van der Waals surface area contributed by atoms with Crippen molar-refractivity contribution >= 4 is 17.0 Å². The molecule has 0 aliphatic heterocycles. The maximum absolute atomic E-state index is 10.7. The number of thiazole rings is 1. The highest BCUT2D eigenvalue weighted by molar-refractivity contribution is 7.13. The Balaban J connectivity index is 1.83. The predicted octanol–water partition coefficient (Wildman–Crippen LogP) is 4.78. The Morgan fingerprint density at radius 1 is 1.09 bits per heavy atom. The molecule has 116 valence electrons. The van der Waals surface area contributed by atoms with Gasteiger partial charge in [-0.3, -0.25) is 10.1 Å². The summed E-state index contributed by atoms with van der Waals surface area (Å²) >= 11 is 1.51. The number of aromatic nitrogens is 1. The molecule has 0 fully saturated rings. The van der Waals surface area contributed by atoms with Gasteiger partial charge in [-0.25, -0.2) is 4.98 Å². The van der Waals surface area contributed by atoms with Crippen molar-refractivity contribution in [2.45, 2.75) is 6.92 Å². The quantitative estimate of drug-likeness (QED) is 0.500. The zero-order valence-corrected chi connectivity index (χ0v) is 13.2. The molecule has 0 saturated heterocycles. The van der Waals surface area contributed by atoms with Crippen molar-refractivity contribution < 1.29 is 9.66 Å². The van der Waals surface area contributed by atoms with Crippen LogP contribution >= 0.6 is 11.3 Å². The maximum Gasteiger partial charge on any atom is 0.269 e. The molecule has 0 unspecified atom stereocenters. The number of benzene rings is 2. The third-order valence-electron chi connectivity index (χ3n) is 3.29. The molecule has 5 nitrogen and oxygen atoms in total. The fourth-order valence-electron chi connectivity index (χ4n) is 2.15. The minimum Gasteiger partial charge on any atom is -0.494 e. The molecule has 0 saturated carbocycles. The third kappa shape index (κ3) is 3.37. The lowest BCUT2D eigenvalue weighted by molar-refractivity contribution is -0.384. The molecule has 1 aromatic heterocycles. The van der Waals surface area contributed by atoms with Crippen molar-refractivity contribution in [2.24, 2.45) is 0 Å². The van der Waals surface area contributed by atoms with Crippen molar-refractivity contribution in [3.05, 3.63) is 64.0 Å². The van der Waals surface area contributed by atoms with Crippen LogP contribution in [0.2, 0.25) is 0 Å². The molecule has 0 aliphatic rings. The highest BCUT2D eigenvalue weighted by Gasteiger charge is 2.09. The third-order valence-corrected chi connectivity index (χ3v) is 4.18. The maximum atomic E-state index is 10.7. The normalized spacial score (nSPS) is 10.5. The summed E-state index contributed by atoms with van der Waals surface area (Å²) < 4.78 is 5.43. The zero-order valence-electron chi connectivity index (χ0n) is 12.4. The van der Waals surface area contributed by atoms with Crippen LogP contribution in [-0.2, 0) is 0 Å². The number of nitro benzene ring substituents is 1. The van der Waals surface area contributed by atoms with Gasteiger partial charge in [-0.1, -0.05) is 0 Å². The molecular weight excluding hydrogens is 312 g/mol. The first kappa shape index (κ1) is 15.2. The second-order valence-corrected chi connectivity index (χ2v) is 5.66. The average Bonchev–Trinajstić information content (AvgIpc) is 3.06. The van der Waals surface area contributed by atoms with Gasteiger partial charge in [-0.05, 0) is 43.3 Å². The van der Waals surface area contributed by atoms with Crippen LogP contribution in [0.4, 0.5) is 5.69 Å². The molecule has 0 radical (unpaired) electrons. The van der Waals surface area contributed by atoms with Crippen LogP contribution in [0.1, 0.15) is 6.92 Å². The van der Waals surface area contributed by atoms with Crippen molar-refractivity contribution in [1.29, 1.82) is 0 Å². The summed E-state index contributed by atoms with van der Waals surface area (Å²) in [6.45, 7) is 2.59. The van der Waals surface area contributed by atoms with E-state index < -0.39 is 4.92 Å². The second kappa shape index (κ2) is 6.58. The number of ether oxygens (including phenoxy) is 1. The predicted molar refractivity (Wildman–Crippen MR) is 90.8 cm³/mol. The lowest BCUT2D eigenvalue weighted by atomic mass is 10.1. The Labute approximate surface area is 137 Å². The van der Waals surface area contributed by atoms with E-state index >= 15 is 0 Å². The van der Waals surface area contributed by atoms with Crippen LogP contribution in [0.5, 0.6) is 5.75 Å². The van der Waals surface area contributed by atoms with Gasteiger partial charge >= 0.3 is 0 Å². The molecule has 0 amide bonds. The molecule has 2 aromatic carbocycles. The number of rotatable bonds is 5. The van der Waals surface area contributed by atoms with Crippen molar-refractivity contribution in [3.8, 4) is 27.6 Å². The molecule has 23 heavy (non-hydrogen) atoms. The first-order valence-corrected chi connectivity index (χ1v) is 7.99. The van der Waals surface area contributed by atoms with Gasteiger partial charge in [0.1, 0.15) is 10.8 Å². The van der Waals surface area contributed by atoms with E-state index in [2.05, 4.69) is 4.98 Å². The molecule has 0 aliphatic carbocycles. The van der Waals surface area contributed by atoms with Crippen molar-refractivity contribution in [1.82, 2.24) is 4.98 Å². The number of nitrogens with zero attached hydrogens (tertiary/aromatic N) is 2. The molecular formula is C17H14N2O3S. The highest BCUT2D eigenvalue weighted by atomic mass is 32.1. The van der Waals surface area contributed by atoms with Crippen LogP contribution in [0.15, 0.2) is 53.9 Å². The Kier molecular flexibility index (Phi) is 4.34. The number of hydrogen-bond donors (Lipinski definition) is 0. The summed E-state index contributed by atoms with van der Waals surface area (Å²) in [6, 6.07) is 14.2. The van der Waals surface area contributed by atoms with Crippen LogP contribution in [0.25, 0.3) is 21.8 Å². The largest absolute Gasteiger partial charge is 0.494 e. The van der Waals surface area contributed by atoms with E-state index in [0.717, 1.165) is 27.6 Å². The van der Waals surface area contributed by atoms with E-state index in [1.54, 1.807) is 12.1 Å². The van der Waals surface area contributed by atoms with Crippen LogP contribution in [0, 0.1) is 10.1 Å². The summed E-state index contributed by atoms with van der Waals surface area (Å²) in [4.78, 5) is 14.9. The summed E-state index contributed by atoms with van der Waals surface area (Å²) in [5.74, 6) is 0.835. The standard InChI is InChI=1S/C17H14N2O3S/c1-2-22-15-9-5-12(6-10-15)16-11-23-17(18-16)13-3-7-14(8-4-13)19(20)21/h3-11H,2H2,1H3. The SMILES string of the molecule is CCOc1ccc(-c2csc(-c3ccc([N+](=O)[O-])cc3)n2)cc1. The molecule has 0 bridgehead atoms. The minimum atomic E-state index is -0.406. The lowest BCUT2D eigenvalue weighted by Crippen LogP contribution is -1.90. The van der Waals surface area contributed by atoms with Crippen LogP contribution < -0.4 is 4.74 Å². The van der Waals surface area contributed by atoms with Gasteiger partial charge in [0.05, 0.1) is 17.2 Å². The zero-order chi connectivity index (χ0) is 16.2. The average molecular weight is 326 g/mol. The Morgan fingerprint density at radius 3 is 2.35 bits per heavy atom. The van der Waals surface area contributed by atoms with E-state index in [9.17, 15) is 10.1 Å². The number of hydrogen-bond acceptors (Lipinski definition) is 5. The topological polar surface area (TPSA) is 65.3 Å². The Hall–Kier alpha value is -2.73. The lowest BCUT2D eigenvalue weighted by Gasteiger charge is -2.03. The monoisotopic (exact) mass is 326 g/mol. The Bertz CT molecular complexity index is 811. The van der Waals surface area contributed by atoms with Crippen molar-refractivity contribution in [2.75, 3.05) is 6.61 Å². The second-order valence-electron chi connectivity index (χ2n) is 4.80. The smallest absolute Gasteiger partial charge is 0.269 e. The van der Waals surface area contributed by atoms with Gasteiger partial charge in [0.2, 0.25) is 0 Å². The van der Waals surface area contributed by atoms with Crippen LogP contribution in [-0.4, -0.2) is 16.5 Å². The first-order chi connectivity index (χ1) is 11.2. The van der Waals surface area contributed by atoms with Gasteiger partial charge in [0.15, 0.2) is 0 Å². The van der Waals surface area contributed by atoms with E-state index in [0.29, 0.717) is 6.61 Å². The fraction of sp³-hybridized carbons (Fsp3) is 0.118. The fourth-order valence-corrected chi connectivity index (χ4v) is 2.99. The van der Waals surface area contributed by atoms with Gasteiger partial charge < -0.3 is 4.74 Å². The van der Waals surface area contributed by atoms with E-state index in [1.807, 2.05) is 36.6 Å². The molecule has 6 heteroatoms. The van der Waals surface area contributed by atoms with Gasteiger partial charge in [0, 0.05) is 28.6 Å². The first-order valence-electron chi connectivity index (χ1n) is 7.11. The van der Waals surface area contributed by atoms with Crippen molar-refractivity contribution in [3.63, 3.8) is 0 Å². The van der Waals surface area contributed by atoms with Gasteiger partial charge in [0.25, 0.3) is 5.69 Å². The summed E-state index contributed by atoms with van der Waals surface area (Å²) in [7, 11) is 0. The summed E-state index contributed by atoms with van der Waals surface area (Å²) in [5.41, 5.74) is 2.85. The summed E-state index contributed by atoms with van der Waals surface area (Å²) in [5, 5.41) is 13.5. The molecule has 3 rings (SSSR count). The van der Waals surface area contributed by atoms with E-state index in [-0.39, 0.29) is 5.69 Å². The molecule has 0 atom stereocenters. The minimum absolute atomic E-state index is 0.0806. The summed E-state index contributed by atoms with van der Waals surface area (Å²) in [6.07, 6.45) is 0. The van der Waals surface area contributed by atoms with Gasteiger partial charge in [-0.15, -0.1) is 11.3 Å². The van der Waals surface area contributed by atoms with Crippen LogP contribution in [0.3, 0.4) is 0 Å². The Morgan fingerprint density at radius 2 is 1.74 bits per heavy atom. The number of non-ortho nitro benzene ring substituents is 1. The molecule has 3 aromatic rings. The van der Waals surface area contributed by atoms with Gasteiger partial charge in [-0.2, -0.15) is 0 Å². The number of nitro groups is 1. The van der Waals surface area contributed by atoms with E-state index in [4.69, 9.17) is 4.74 Å². The molecule has 1 heterocycles. The van der Waals surface area contributed by atoms with E-state index in [1.165, 1.54) is 23.5 Å². The highest BCUT2D eigenvalue weighted by Crippen LogP contribution is 2.30.